The van der Waals surface area contributed by atoms with Crippen molar-refractivity contribution in [1.82, 2.24) is 18.7 Å². The summed E-state index contributed by atoms with van der Waals surface area (Å²) in [5, 5.41) is 2.35. The van der Waals surface area contributed by atoms with Gasteiger partial charge in [0.15, 0.2) is 17.4 Å². The molecule has 0 aliphatic heterocycles. The Hall–Kier alpha value is -4.21. The molecule has 0 saturated carbocycles. The maximum absolute atomic E-state index is 6.84. The summed E-state index contributed by atoms with van der Waals surface area (Å²) >= 11 is 0. The van der Waals surface area contributed by atoms with E-state index < -0.39 is 0 Å². The van der Waals surface area contributed by atoms with E-state index in [1.54, 1.807) is 0 Å². The van der Waals surface area contributed by atoms with Crippen LogP contribution in [-0.4, -0.2) is 18.7 Å². The molecule has 49 heavy (non-hydrogen) atoms. The van der Waals surface area contributed by atoms with Crippen molar-refractivity contribution in [3.05, 3.63) is 120 Å². The van der Waals surface area contributed by atoms with Crippen LogP contribution in [0.1, 0.15) is 79.0 Å². The molecule has 0 atom stereocenters. The van der Waals surface area contributed by atoms with Crippen molar-refractivity contribution in [2.45, 2.75) is 78.6 Å². The van der Waals surface area contributed by atoms with Crippen LogP contribution in [-0.2, 0) is 44.4 Å². The van der Waals surface area contributed by atoms with Gasteiger partial charge in [-0.15, -0.1) is 29.3 Å². The molecule has 0 radical (unpaired) electrons. The molecule has 7 rings (SSSR count). The zero-order valence-electron chi connectivity index (χ0n) is 30.2. The van der Waals surface area contributed by atoms with E-state index in [2.05, 4.69) is 180 Å². The monoisotopic (exact) mass is 828 g/mol. The molecule has 0 aliphatic rings. The van der Waals surface area contributed by atoms with Gasteiger partial charge in [0.1, 0.15) is 5.82 Å². The van der Waals surface area contributed by atoms with E-state index in [4.69, 9.17) is 9.72 Å². The van der Waals surface area contributed by atoms with Crippen LogP contribution in [0.3, 0.4) is 0 Å². The fourth-order valence-electron chi connectivity index (χ4n) is 6.60. The minimum atomic E-state index is -0.165. The Balaban J connectivity index is 0.00000417. The van der Waals surface area contributed by atoms with Gasteiger partial charge in [0.25, 0.3) is 0 Å². The van der Waals surface area contributed by atoms with Gasteiger partial charge in [-0.3, -0.25) is 0 Å². The number of imidazole rings is 1. The molecule has 0 saturated heterocycles. The molecular weight excluding hydrogens is 784 g/mol. The molecule has 7 aromatic rings. The standard InChI is InChI=1S/C43H45N4O.Pt/c1-41(2,3)28-19-20-44-39(23-28)47-35-16-12-11-15-33(35)40-34(43(7,8)9)25-32(26-38(40)47)48-31-22-29(42(4,5)6)21-30(24-31)46-27-45(10)36-17-13-14-18-37(36)46;/h11-23,25,27H,1-10H3;/q-1;. The molecule has 0 unspecified atom stereocenters. The minimum absolute atomic E-state index is 0. The molecule has 254 valence electrons. The number of pyridine rings is 1. The Kier molecular flexibility index (Phi) is 8.68. The Bertz CT molecular complexity index is 2340. The summed E-state index contributed by atoms with van der Waals surface area (Å²) in [4.78, 5) is 4.90. The molecule has 4 aromatic carbocycles. The van der Waals surface area contributed by atoms with Gasteiger partial charge >= 0.3 is 0 Å². The Morgan fingerprint density at radius 2 is 1.31 bits per heavy atom. The maximum Gasteiger partial charge on any atom is 0.188 e. The number of para-hydroxylation sites is 3. The van der Waals surface area contributed by atoms with Gasteiger partial charge in [0, 0.05) is 69.1 Å². The molecule has 0 aliphatic carbocycles. The number of fused-ring (bicyclic) bond motifs is 4. The molecule has 0 spiro atoms. The molecule has 5 nitrogen and oxygen atoms in total. The van der Waals surface area contributed by atoms with E-state index in [1.165, 1.54) is 27.5 Å². The summed E-state index contributed by atoms with van der Waals surface area (Å²) in [6.07, 6.45) is 4.03. The van der Waals surface area contributed by atoms with Crippen molar-refractivity contribution in [3.8, 4) is 23.0 Å². The average molecular weight is 829 g/mol. The predicted molar refractivity (Wildman–Crippen MR) is 199 cm³/mol. The maximum atomic E-state index is 6.84. The zero-order valence-corrected chi connectivity index (χ0v) is 32.4. The Morgan fingerprint density at radius 3 is 1.98 bits per heavy atom. The van der Waals surface area contributed by atoms with E-state index in [1.807, 2.05) is 6.20 Å². The predicted octanol–water partition coefficient (Wildman–Crippen LogP) is 11.0. The number of ether oxygens (including phenoxy) is 1. The van der Waals surface area contributed by atoms with Gasteiger partial charge in [0.2, 0.25) is 0 Å². The fraction of sp³-hybridized carbons (Fsp3) is 0.302. The van der Waals surface area contributed by atoms with E-state index >= 15 is 0 Å². The van der Waals surface area contributed by atoms with Gasteiger partial charge in [0.05, 0.1) is 0 Å². The number of aromatic nitrogens is 4. The number of hydrogen-bond acceptors (Lipinski definition) is 2. The van der Waals surface area contributed by atoms with Crippen LogP contribution in [0.25, 0.3) is 44.3 Å². The molecule has 3 heterocycles. The van der Waals surface area contributed by atoms with E-state index in [0.717, 1.165) is 33.6 Å². The second-order valence-corrected chi connectivity index (χ2v) is 16.1. The van der Waals surface area contributed by atoms with Crippen LogP contribution in [0.5, 0.6) is 11.5 Å². The minimum Gasteiger partial charge on any atom is -0.508 e. The summed E-state index contributed by atoms with van der Waals surface area (Å²) in [5.74, 6) is 2.18. The molecule has 0 bridgehead atoms. The quantitative estimate of drug-likeness (QED) is 0.166. The van der Waals surface area contributed by atoms with Gasteiger partial charge < -0.3 is 9.30 Å². The molecule has 3 aromatic heterocycles. The van der Waals surface area contributed by atoms with Crippen LogP contribution in [0.15, 0.2) is 91.4 Å². The third-order valence-electron chi connectivity index (χ3n) is 9.30. The van der Waals surface area contributed by atoms with Crippen molar-refractivity contribution in [3.63, 3.8) is 0 Å². The average Bonchev–Trinajstić information content (AvgIpc) is 3.54. The van der Waals surface area contributed by atoms with Gasteiger partial charge in [-0.05, 0) is 57.5 Å². The first kappa shape index (κ1) is 34.6. The first-order valence-corrected chi connectivity index (χ1v) is 16.8. The van der Waals surface area contributed by atoms with E-state index in [-0.39, 0.29) is 37.3 Å². The Morgan fingerprint density at radius 1 is 0.673 bits per heavy atom. The van der Waals surface area contributed by atoms with Gasteiger partial charge in [-0.25, -0.2) is 14.1 Å². The zero-order chi connectivity index (χ0) is 34.2. The van der Waals surface area contributed by atoms with Crippen LogP contribution >= 0.6 is 0 Å². The molecule has 0 fully saturated rings. The third kappa shape index (κ3) is 6.34. The molecule has 0 amide bonds. The molecule has 6 heteroatoms. The second kappa shape index (κ2) is 12.3. The number of nitrogens with zero attached hydrogens (tertiary/aromatic N) is 4. The summed E-state index contributed by atoms with van der Waals surface area (Å²) in [6.45, 7) is 20.2. The van der Waals surface area contributed by atoms with Crippen LogP contribution in [0.4, 0.5) is 0 Å². The number of hydrogen-bond donors (Lipinski definition) is 0. The van der Waals surface area contributed by atoms with Crippen molar-refractivity contribution in [2.75, 3.05) is 0 Å². The summed E-state index contributed by atoms with van der Waals surface area (Å²) < 4.78 is 13.4. The van der Waals surface area contributed by atoms with Crippen molar-refractivity contribution in [2.24, 2.45) is 7.05 Å². The van der Waals surface area contributed by atoms with E-state index in [9.17, 15) is 0 Å². The number of benzene rings is 4. The molecule has 0 N–H and O–H groups in total. The third-order valence-corrected chi connectivity index (χ3v) is 9.30. The SMILES string of the molecule is Cn1[cH+]n(-c2[c-]c(Oc3[c-]c4c(c(C(C)(C)C)c3)c3ccccc3n4-c3cc(C(C)(C)C)ccn3)cc(C(C)(C)C)c2)c2ccccc21.[Pt]. The van der Waals surface area contributed by atoms with Gasteiger partial charge in [-0.2, -0.15) is 0 Å². The summed E-state index contributed by atoms with van der Waals surface area (Å²) in [5.41, 5.74) is 8.57. The number of rotatable bonds is 4. The first-order chi connectivity index (χ1) is 22.6. The first-order valence-electron chi connectivity index (χ1n) is 16.8. The normalized spacial score (nSPS) is 12.5. The van der Waals surface area contributed by atoms with Crippen molar-refractivity contribution >= 4 is 32.8 Å². The topological polar surface area (TPSA) is 36.9 Å². The van der Waals surface area contributed by atoms with Crippen molar-refractivity contribution in [1.29, 1.82) is 0 Å². The summed E-state index contributed by atoms with van der Waals surface area (Å²) in [7, 11) is 2.08. The Labute approximate surface area is 304 Å². The smallest absolute Gasteiger partial charge is 0.188 e. The van der Waals surface area contributed by atoms with Crippen LogP contribution < -0.4 is 4.74 Å². The van der Waals surface area contributed by atoms with E-state index in [0.29, 0.717) is 11.5 Å². The number of aryl methyl sites for hydroxylation is 1. The summed E-state index contributed by atoms with van der Waals surface area (Å²) in [6, 6.07) is 35.2. The second-order valence-electron chi connectivity index (χ2n) is 16.1. The van der Waals surface area contributed by atoms with Crippen molar-refractivity contribution < 1.29 is 25.8 Å². The van der Waals surface area contributed by atoms with Crippen LogP contribution in [0, 0.1) is 12.1 Å². The van der Waals surface area contributed by atoms with Gasteiger partial charge in [-0.1, -0.05) is 104 Å². The fourth-order valence-corrected chi connectivity index (χ4v) is 6.60. The van der Waals surface area contributed by atoms with Crippen LogP contribution in [0.2, 0.25) is 0 Å². The largest absolute Gasteiger partial charge is 0.508 e. The molecular formula is C43H45N4OPt-.